The molecule has 1 unspecified atom stereocenters. The Bertz CT molecular complexity index is 574. The van der Waals surface area contributed by atoms with Crippen LogP contribution in [0.3, 0.4) is 0 Å². The zero-order valence-corrected chi connectivity index (χ0v) is 11.5. The predicted octanol–water partition coefficient (Wildman–Crippen LogP) is 1.72. The first kappa shape index (κ1) is 13.4. The highest BCUT2D eigenvalue weighted by molar-refractivity contribution is 6.31. The summed E-state index contributed by atoms with van der Waals surface area (Å²) in [6.45, 7) is 0.154. The Hall–Kier alpha value is -1.62. The highest BCUT2D eigenvalue weighted by atomic mass is 35.5. The van der Waals surface area contributed by atoms with Gasteiger partial charge in [0.15, 0.2) is 0 Å². The molecule has 1 aliphatic carbocycles. The van der Waals surface area contributed by atoms with Gasteiger partial charge < -0.3 is 10.2 Å². The quantitative estimate of drug-likeness (QED) is 0.923. The summed E-state index contributed by atoms with van der Waals surface area (Å²) < 4.78 is 13.4. The SMILES string of the molecule is O=C1CN(Cc2cccc(F)c2Cl)C(=O)C(C2CC2)N1. The number of piperazine rings is 1. The number of carbonyl (C=O) groups is 2. The molecule has 3 rings (SSSR count). The Labute approximate surface area is 120 Å². The van der Waals surface area contributed by atoms with Crippen molar-refractivity contribution < 1.29 is 14.0 Å². The molecule has 1 atom stereocenters. The molecule has 106 valence electrons. The normalized spacial score (nSPS) is 22.9. The zero-order chi connectivity index (χ0) is 14.3. The lowest BCUT2D eigenvalue weighted by atomic mass is 10.1. The molecular formula is C14H14ClFN2O2. The summed E-state index contributed by atoms with van der Waals surface area (Å²) >= 11 is 5.89. The minimum atomic E-state index is -0.517. The molecule has 0 aromatic heterocycles. The van der Waals surface area contributed by atoms with Crippen LogP contribution in [0.15, 0.2) is 18.2 Å². The Morgan fingerprint density at radius 3 is 2.80 bits per heavy atom. The van der Waals surface area contributed by atoms with Crippen molar-refractivity contribution in [3.05, 3.63) is 34.6 Å². The fraction of sp³-hybridized carbons (Fsp3) is 0.429. The molecule has 1 N–H and O–H groups in total. The van der Waals surface area contributed by atoms with E-state index < -0.39 is 11.9 Å². The smallest absolute Gasteiger partial charge is 0.246 e. The minimum Gasteiger partial charge on any atom is -0.342 e. The molecule has 0 bridgehead atoms. The topological polar surface area (TPSA) is 49.4 Å². The third kappa shape index (κ3) is 2.50. The van der Waals surface area contributed by atoms with Crippen molar-refractivity contribution in [2.75, 3.05) is 6.54 Å². The number of benzene rings is 1. The third-order valence-electron chi connectivity index (χ3n) is 3.71. The molecule has 2 aliphatic rings. The van der Waals surface area contributed by atoms with Gasteiger partial charge in [-0.3, -0.25) is 9.59 Å². The predicted molar refractivity (Wildman–Crippen MR) is 71.5 cm³/mol. The fourth-order valence-electron chi connectivity index (χ4n) is 2.49. The maximum absolute atomic E-state index is 13.4. The van der Waals surface area contributed by atoms with E-state index >= 15 is 0 Å². The van der Waals surface area contributed by atoms with E-state index in [9.17, 15) is 14.0 Å². The van der Waals surface area contributed by atoms with Gasteiger partial charge in [-0.25, -0.2) is 4.39 Å². The summed E-state index contributed by atoms with van der Waals surface area (Å²) in [7, 11) is 0. The monoisotopic (exact) mass is 296 g/mol. The van der Waals surface area contributed by atoms with Crippen LogP contribution in [0, 0.1) is 11.7 Å². The van der Waals surface area contributed by atoms with Crippen molar-refractivity contribution >= 4 is 23.4 Å². The average Bonchev–Trinajstić information content (AvgIpc) is 3.23. The standard InChI is InChI=1S/C14H14ClFN2O2/c15-12-9(2-1-3-10(12)16)6-18-7-11(19)17-13(14(18)20)8-4-5-8/h1-3,8,13H,4-7H2,(H,17,19). The van der Waals surface area contributed by atoms with Gasteiger partial charge >= 0.3 is 0 Å². The molecule has 1 heterocycles. The van der Waals surface area contributed by atoms with Crippen molar-refractivity contribution in [1.29, 1.82) is 0 Å². The summed E-state index contributed by atoms with van der Waals surface area (Å²) in [5.74, 6) is -0.546. The molecule has 0 spiro atoms. The number of hydrogen-bond donors (Lipinski definition) is 1. The van der Waals surface area contributed by atoms with Crippen LogP contribution < -0.4 is 5.32 Å². The van der Waals surface area contributed by atoms with E-state index in [1.807, 2.05) is 0 Å². The highest BCUT2D eigenvalue weighted by Gasteiger charge is 2.42. The largest absolute Gasteiger partial charge is 0.342 e. The van der Waals surface area contributed by atoms with Gasteiger partial charge in [0.25, 0.3) is 0 Å². The van der Waals surface area contributed by atoms with Gasteiger partial charge in [-0.1, -0.05) is 23.7 Å². The van der Waals surface area contributed by atoms with Crippen molar-refractivity contribution in [3.63, 3.8) is 0 Å². The second-order valence-electron chi connectivity index (χ2n) is 5.29. The molecule has 1 aromatic rings. The second-order valence-corrected chi connectivity index (χ2v) is 5.67. The first-order valence-electron chi connectivity index (χ1n) is 6.57. The molecule has 2 fully saturated rings. The van der Waals surface area contributed by atoms with Gasteiger partial charge in [0.1, 0.15) is 11.9 Å². The molecule has 1 aromatic carbocycles. The van der Waals surface area contributed by atoms with E-state index in [2.05, 4.69) is 5.32 Å². The van der Waals surface area contributed by atoms with E-state index in [0.717, 1.165) is 12.8 Å². The third-order valence-corrected chi connectivity index (χ3v) is 4.14. The summed E-state index contributed by atoms with van der Waals surface area (Å²) in [4.78, 5) is 25.5. The lowest BCUT2D eigenvalue weighted by Gasteiger charge is -2.32. The average molecular weight is 297 g/mol. The number of nitrogens with one attached hydrogen (secondary N) is 1. The Morgan fingerprint density at radius 1 is 1.35 bits per heavy atom. The summed E-state index contributed by atoms with van der Waals surface area (Å²) in [6.07, 6.45) is 1.93. The maximum Gasteiger partial charge on any atom is 0.246 e. The molecule has 4 nitrogen and oxygen atoms in total. The molecule has 2 amide bonds. The van der Waals surface area contributed by atoms with Crippen molar-refractivity contribution in [3.8, 4) is 0 Å². The van der Waals surface area contributed by atoms with E-state index in [0.29, 0.717) is 5.56 Å². The van der Waals surface area contributed by atoms with Gasteiger partial charge in [0.2, 0.25) is 11.8 Å². The highest BCUT2D eigenvalue weighted by Crippen LogP contribution is 2.34. The van der Waals surface area contributed by atoms with Crippen LogP contribution in [0.2, 0.25) is 5.02 Å². The molecule has 1 saturated carbocycles. The van der Waals surface area contributed by atoms with Crippen LogP contribution in [0.5, 0.6) is 0 Å². The molecule has 1 saturated heterocycles. The van der Waals surface area contributed by atoms with Gasteiger partial charge in [-0.05, 0) is 30.4 Å². The van der Waals surface area contributed by atoms with E-state index in [1.165, 1.54) is 11.0 Å². The molecule has 1 aliphatic heterocycles. The Balaban J connectivity index is 1.80. The molecule has 0 radical (unpaired) electrons. The van der Waals surface area contributed by atoms with Gasteiger partial charge in [0, 0.05) is 6.54 Å². The number of nitrogens with zero attached hydrogens (tertiary/aromatic N) is 1. The second kappa shape index (κ2) is 5.05. The Kier molecular flexibility index (Phi) is 3.38. The lowest BCUT2D eigenvalue weighted by Crippen LogP contribution is -2.58. The summed E-state index contributed by atoms with van der Waals surface area (Å²) in [6, 6.07) is 4.05. The number of amides is 2. The first-order chi connectivity index (χ1) is 9.56. The van der Waals surface area contributed by atoms with Gasteiger partial charge in [-0.2, -0.15) is 0 Å². The molecule has 6 heteroatoms. The van der Waals surface area contributed by atoms with Crippen LogP contribution >= 0.6 is 11.6 Å². The van der Waals surface area contributed by atoms with Crippen LogP contribution in [-0.4, -0.2) is 29.3 Å². The maximum atomic E-state index is 13.4. The fourth-order valence-corrected chi connectivity index (χ4v) is 2.67. The number of hydrogen-bond acceptors (Lipinski definition) is 2. The van der Waals surface area contributed by atoms with E-state index in [-0.39, 0.29) is 35.8 Å². The van der Waals surface area contributed by atoms with Crippen LogP contribution in [0.4, 0.5) is 4.39 Å². The van der Waals surface area contributed by atoms with Crippen LogP contribution in [0.1, 0.15) is 18.4 Å². The van der Waals surface area contributed by atoms with Crippen molar-refractivity contribution in [2.24, 2.45) is 5.92 Å². The van der Waals surface area contributed by atoms with Crippen molar-refractivity contribution in [2.45, 2.75) is 25.4 Å². The number of rotatable bonds is 3. The van der Waals surface area contributed by atoms with Gasteiger partial charge in [-0.15, -0.1) is 0 Å². The van der Waals surface area contributed by atoms with Crippen LogP contribution in [-0.2, 0) is 16.1 Å². The van der Waals surface area contributed by atoms with E-state index in [1.54, 1.807) is 12.1 Å². The number of carbonyl (C=O) groups excluding carboxylic acids is 2. The zero-order valence-electron chi connectivity index (χ0n) is 10.7. The molecular weight excluding hydrogens is 283 g/mol. The first-order valence-corrected chi connectivity index (χ1v) is 6.95. The summed E-state index contributed by atoms with van der Waals surface area (Å²) in [5.41, 5.74) is 0.518. The van der Waals surface area contributed by atoms with Gasteiger partial charge in [0.05, 0.1) is 11.6 Å². The minimum absolute atomic E-state index is 0.00506. The lowest BCUT2D eigenvalue weighted by molar-refractivity contribution is -0.145. The Morgan fingerprint density at radius 2 is 2.10 bits per heavy atom. The molecule has 20 heavy (non-hydrogen) atoms. The van der Waals surface area contributed by atoms with Crippen molar-refractivity contribution in [1.82, 2.24) is 10.2 Å². The summed E-state index contributed by atoms with van der Waals surface area (Å²) in [5, 5.41) is 2.74. The van der Waals surface area contributed by atoms with E-state index in [4.69, 9.17) is 11.6 Å². The van der Waals surface area contributed by atoms with Crippen LogP contribution in [0.25, 0.3) is 0 Å². The number of halogens is 2.